The van der Waals surface area contributed by atoms with Crippen molar-refractivity contribution in [2.24, 2.45) is 0 Å². The van der Waals surface area contributed by atoms with Crippen molar-refractivity contribution >= 4 is 11.6 Å². The van der Waals surface area contributed by atoms with Gasteiger partial charge in [0.2, 0.25) is 0 Å². The predicted molar refractivity (Wildman–Crippen MR) is 86.4 cm³/mol. The van der Waals surface area contributed by atoms with Crippen LogP contribution in [-0.4, -0.2) is 25.3 Å². The van der Waals surface area contributed by atoms with Crippen molar-refractivity contribution in [3.8, 4) is 11.5 Å². The van der Waals surface area contributed by atoms with Gasteiger partial charge in [-0.25, -0.2) is 0 Å². The normalized spacial score (nSPS) is 10.6. The summed E-state index contributed by atoms with van der Waals surface area (Å²) in [5, 5.41) is 13.9. The summed E-state index contributed by atoms with van der Waals surface area (Å²) < 4.78 is 5.03. The number of nitrogens with one attached hydrogen (secondary N) is 1. The standard InChI is InChI=1S/C17H20ClNO2/c1-21-17-7-4-14(12-16(17)20)9-11-19-10-8-13-2-5-15(18)6-3-13/h2-7,12,19-20H,8-11H2,1H3. The predicted octanol–water partition coefficient (Wildman–Crippen LogP) is 3.43. The van der Waals surface area contributed by atoms with Gasteiger partial charge in [-0.3, -0.25) is 0 Å². The van der Waals surface area contributed by atoms with E-state index in [1.165, 1.54) is 5.56 Å². The highest BCUT2D eigenvalue weighted by atomic mass is 35.5. The van der Waals surface area contributed by atoms with Gasteiger partial charge < -0.3 is 15.2 Å². The third kappa shape index (κ3) is 4.96. The van der Waals surface area contributed by atoms with Gasteiger partial charge in [0.15, 0.2) is 11.5 Å². The molecule has 0 fully saturated rings. The fraction of sp³-hybridized carbons (Fsp3) is 0.294. The van der Waals surface area contributed by atoms with Crippen LogP contribution < -0.4 is 10.1 Å². The number of hydrogen-bond donors (Lipinski definition) is 2. The third-order valence-corrected chi connectivity index (χ3v) is 3.59. The van der Waals surface area contributed by atoms with Gasteiger partial charge in [0.05, 0.1) is 7.11 Å². The summed E-state index contributed by atoms with van der Waals surface area (Å²) in [7, 11) is 1.55. The highest BCUT2D eigenvalue weighted by molar-refractivity contribution is 6.30. The Balaban J connectivity index is 1.70. The molecule has 2 rings (SSSR count). The van der Waals surface area contributed by atoms with Crippen LogP contribution >= 0.6 is 11.6 Å². The number of phenols is 1. The minimum atomic E-state index is 0.191. The second-order valence-corrected chi connectivity index (χ2v) is 5.32. The van der Waals surface area contributed by atoms with Crippen LogP contribution in [0, 0.1) is 0 Å². The van der Waals surface area contributed by atoms with Crippen LogP contribution in [0.4, 0.5) is 0 Å². The Labute approximate surface area is 130 Å². The topological polar surface area (TPSA) is 41.5 Å². The SMILES string of the molecule is COc1ccc(CCNCCc2ccc(Cl)cc2)cc1O. The molecule has 0 amide bonds. The monoisotopic (exact) mass is 305 g/mol. The summed E-state index contributed by atoms with van der Waals surface area (Å²) in [6.45, 7) is 1.79. The molecule has 0 heterocycles. The molecule has 0 aliphatic heterocycles. The highest BCUT2D eigenvalue weighted by Gasteiger charge is 2.02. The number of ether oxygens (including phenoxy) is 1. The van der Waals surface area contributed by atoms with Crippen molar-refractivity contribution in [2.75, 3.05) is 20.2 Å². The summed E-state index contributed by atoms with van der Waals surface area (Å²) >= 11 is 5.85. The van der Waals surface area contributed by atoms with Gasteiger partial charge >= 0.3 is 0 Å². The van der Waals surface area contributed by atoms with Gasteiger partial charge in [0.1, 0.15) is 0 Å². The lowest BCUT2D eigenvalue weighted by molar-refractivity contribution is 0.373. The largest absolute Gasteiger partial charge is 0.504 e. The molecule has 0 aromatic heterocycles. The number of phenolic OH excluding ortho intramolecular Hbond substituents is 1. The van der Waals surface area contributed by atoms with Gasteiger partial charge in [-0.05, 0) is 61.3 Å². The first-order valence-corrected chi connectivity index (χ1v) is 7.38. The van der Waals surface area contributed by atoms with E-state index < -0.39 is 0 Å². The van der Waals surface area contributed by atoms with Crippen molar-refractivity contribution < 1.29 is 9.84 Å². The molecule has 0 spiro atoms. The number of benzene rings is 2. The minimum absolute atomic E-state index is 0.191. The molecule has 0 unspecified atom stereocenters. The van der Waals surface area contributed by atoms with E-state index in [2.05, 4.69) is 5.32 Å². The van der Waals surface area contributed by atoms with Gasteiger partial charge in [-0.15, -0.1) is 0 Å². The Morgan fingerprint density at radius 1 is 1.00 bits per heavy atom. The maximum absolute atomic E-state index is 9.71. The summed E-state index contributed by atoms with van der Waals surface area (Å²) in [4.78, 5) is 0. The summed E-state index contributed by atoms with van der Waals surface area (Å²) in [5.74, 6) is 0.700. The molecular weight excluding hydrogens is 286 g/mol. The van der Waals surface area contributed by atoms with Crippen LogP contribution in [0.15, 0.2) is 42.5 Å². The van der Waals surface area contributed by atoms with Crippen molar-refractivity contribution in [3.05, 3.63) is 58.6 Å². The molecule has 2 N–H and O–H groups in total. The van der Waals surface area contributed by atoms with E-state index in [0.29, 0.717) is 5.75 Å². The first-order valence-electron chi connectivity index (χ1n) is 7.00. The molecule has 0 atom stereocenters. The van der Waals surface area contributed by atoms with E-state index in [4.69, 9.17) is 16.3 Å². The second-order valence-electron chi connectivity index (χ2n) is 4.88. The van der Waals surface area contributed by atoms with E-state index in [9.17, 15) is 5.11 Å². The number of rotatable bonds is 7. The number of halogens is 1. The molecule has 0 saturated carbocycles. The van der Waals surface area contributed by atoms with Crippen LogP contribution in [-0.2, 0) is 12.8 Å². The van der Waals surface area contributed by atoms with Crippen LogP contribution in [0.1, 0.15) is 11.1 Å². The van der Waals surface area contributed by atoms with E-state index in [0.717, 1.165) is 36.5 Å². The molecule has 21 heavy (non-hydrogen) atoms. The third-order valence-electron chi connectivity index (χ3n) is 3.34. The lowest BCUT2D eigenvalue weighted by atomic mass is 10.1. The molecule has 3 nitrogen and oxygen atoms in total. The van der Waals surface area contributed by atoms with Gasteiger partial charge in [0.25, 0.3) is 0 Å². The van der Waals surface area contributed by atoms with E-state index in [-0.39, 0.29) is 5.75 Å². The molecule has 0 saturated heterocycles. The van der Waals surface area contributed by atoms with Crippen molar-refractivity contribution in [2.45, 2.75) is 12.8 Å². The molecule has 4 heteroatoms. The van der Waals surface area contributed by atoms with Crippen LogP contribution in [0.2, 0.25) is 5.02 Å². The summed E-state index contributed by atoms with van der Waals surface area (Å²) in [6.07, 6.45) is 1.85. The summed E-state index contributed by atoms with van der Waals surface area (Å²) in [5.41, 5.74) is 2.36. The minimum Gasteiger partial charge on any atom is -0.504 e. The molecule has 0 aliphatic rings. The Morgan fingerprint density at radius 2 is 1.62 bits per heavy atom. The highest BCUT2D eigenvalue weighted by Crippen LogP contribution is 2.26. The van der Waals surface area contributed by atoms with Gasteiger partial charge in [-0.1, -0.05) is 29.8 Å². The van der Waals surface area contributed by atoms with Gasteiger partial charge in [0, 0.05) is 5.02 Å². The van der Waals surface area contributed by atoms with Crippen LogP contribution in [0.3, 0.4) is 0 Å². The number of methoxy groups -OCH3 is 1. The summed E-state index contributed by atoms with van der Waals surface area (Å²) in [6, 6.07) is 13.4. The number of hydrogen-bond acceptors (Lipinski definition) is 3. The fourth-order valence-corrected chi connectivity index (χ4v) is 2.26. The molecular formula is C17H20ClNO2. The van der Waals surface area contributed by atoms with Crippen LogP contribution in [0.5, 0.6) is 11.5 Å². The zero-order valence-electron chi connectivity index (χ0n) is 12.1. The van der Waals surface area contributed by atoms with Gasteiger partial charge in [-0.2, -0.15) is 0 Å². The molecule has 2 aromatic rings. The first-order chi connectivity index (χ1) is 10.2. The molecule has 112 valence electrons. The zero-order valence-corrected chi connectivity index (χ0v) is 12.9. The number of aromatic hydroxyl groups is 1. The maximum Gasteiger partial charge on any atom is 0.160 e. The zero-order chi connectivity index (χ0) is 15.1. The Kier molecular flexibility index (Phi) is 5.90. The average Bonchev–Trinajstić information content (AvgIpc) is 2.49. The van der Waals surface area contributed by atoms with E-state index in [1.807, 2.05) is 30.3 Å². The average molecular weight is 306 g/mol. The fourth-order valence-electron chi connectivity index (χ4n) is 2.13. The van der Waals surface area contributed by atoms with E-state index >= 15 is 0 Å². The molecule has 0 radical (unpaired) electrons. The lowest BCUT2D eigenvalue weighted by Gasteiger charge is -2.07. The Morgan fingerprint density at radius 3 is 2.24 bits per heavy atom. The molecule has 0 bridgehead atoms. The smallest absolute Gasteiger partial charge is 0.160 e. The second kappa shape index (κ2) is 7.91. The first kappa shape index (κ1) is 15.7. The Hall–Kier alpha value is -1.71. The van der Waals surface area contributed by atoms with Crippen LogP contribution in [0.25, 0.3) is 0 Å². The lowest BCUT2D eigenvalue weighted by Crippen LogP contribution is -2.20. The van der Waals surface area contributed by atoms with Crippen molar-refractivity contribution in [1.29, 1.82) is 0 Å². The maximum atomic E-state index is 9.71. The molecule has 0 aliphatic carbocycles. The van der Waals surface area contributed by atoms with Crippen molar-refractivity contribution in [3.63, 3.8) is 0 Å². The van der Waals surface area contributed by atoms with Crippen molar-refractivity contribution in [1.82, 2.24) is 5.32 Å². The van der Waals surface area contributed by atoms with E-state index in [1.54, 1.807) is 19.2 Å². The quantitative estimate of drug-likeness (QED) is 0.770. The Bertz CT molecular complexity index is 570. The molecule has 2 aromatic carbocycles.